The van der Waals surface area contributed by atoms with Gasteiger partial charge in [-0.05, 0) is 0 Å². The fourth-order valence-corrected chi connectivity index (χ4v) is 28.6. The second kappa shape index (κ2) is 11.2. The van der Waals surface area contributed by atoms with E-state index in [9.17, 15) is 0 Å². The Hall–Kier alpha value is -2.54. The third-order valence-corrected chi connectivity index (χ3v) is 28.2. The normalized spacial score (nSPS) is 14.0. The van der Waals surface area contributed by atoms with Crippen LogP contribution in [0.15, 0.2) is 100 Å². The van der Waals surface area contributed by atoms with E-state index in [1.54, 1.807) is 28.1 Å². The molecule has 2 aliphatic carbocycles. The van der Waals surface area contributed by atoms with Gasteiger partial charge in [-0.2, -0.15) is 0 Å². The molecular weight excluding hydrogens is 600 g/mol. The number of benzene rings is 4. The molecule has 2 aliphatic rings. The molecule has 4 aromatic carbocycles. The molecule has 0 aliphatic heterocycles. The van der Waals surface area contributed by atoms with Gasteiger partial charge in [0.2, 0.25) is 0 Å². The summed E-state index contributed by atoms with van der Waals surface area (Å²) in [4.78, 5) is 0. The summed E-state index contributed by atoms with van der Waals surface area (Å²) in [5.41, 5.74) is 11.4. The Kier molecular flexibility index (Phi) is 7.86. The van der Waals surface area contributed by atoms with Crippen LogP contribution in [-0.2, 0) is 37.6 Å². The van der Waals surface area contributed by atoms with Crippen LogP contribution in [0, 0.1) is 13.8 Å². The SMILES string of the molecule is Cc1cc2c(cc1C(C)(C)C)-c1cc(C(C)(C)C)c(C)[c]([Zr]([C]3=CC=CC3)=[Si](c3ccccc3)c3ccccc3)c1C2. The molecule has 0 N–H and O–H groups in total. The van der Waals surface area contributed by atoms with Crippen LogP contribution < -0.4 is 13.6 Å². The molecule has 212 valence electrons. The average molecular weight is 644 g/mol. The molecular formula is C40H44SiZr. The zero-order valence-electron chi connectivity index (χ0n) is 26.7. The van der Waals surface area contributed by atoms with Crippen molar-refractivity contribution in [3.8, 4) is 11.1 Å². The number of aryl methyl sites for hydroxylation is 1. The van der Waals surface area contributed by atoms with Gasteiger partial charge in [-0.3, -0.25) is 0 Å². The minimum atomic E-state index is -2.53. The quantitative estimate of drug-likeness (QED) is 0.173. The summed E-state index contributed by atoms with van der Waals surface area (Å²) < 4.78 is 3.56. The first-order chi connectivity index (χ1) is 19.9. The summed E-state index contributed by atoms with van der Waals surface area (Å²) in [7, 11) is 0. The summed E-state index contributed by atoms with van der Waals surface area (Å²) in [6, 6.07) is 30.8. The summed E-state index contributed by atoms with van der Waals surface area (Å²) >= 11 is -2.53. The Balaban J connectivity index is 1.77. The molecule has 0 aromatic heterocycles. The van der Waals surface area contributed by atoms with Crippen molar-refractivity contribution in [3.05, 3.63) is 134 Å². The van der Waals surface area contributed by atoms with Gasteiger partial charge >= 0.3 is 263 Å². The predicted molar refractivity (Wildman–Crippen MR) is 181 cm³/mol. The third kappa shape index (κ3) is 5.35. The third-order valence-electron chi connectivity index (χ3n) is 9.14. The van der Waals surface area contributed by atoms with Crippen molar-refractivity contribution in [1.29, 1.82) is 0 Å². The van der Waals surface area contributed by atoms with E-state index >= 15 is 0 Å². The standard InChI is InChI=1S/C23H29.C12H10Si.C5H5.Zr/c1-14-9-16-11-17-10-15(2)21(23(6,7)8)13-19(17)18(16)12-20(14)22(3,4)5;1-3-7-11(8-4-1)13-12-9-5-2-6-10-12;1-2-4-5-3-1;/h9,12-13H,11H2,1-8H3;1-10H;1-3H,4H2;. The number of rotatable bonds is 4. The monoisotopic (exact) mass is 642 g/mol. The maximum absolute atomic E-state index is 2.60. The molecule has 0 heterocycles. The van der Waals surface area contributed by atoms with Crippen molar-refractivity contribution < 1.29 is 20.4 Å². The van der Waals surface area contributed by atoms with Gasteiger partial charge in [-0.1, -0.05) is 0 Å². The molecule has 4 aromatic rings. The summed E-state index contributed by atoms with van der Waals surface area (Å²) in [5, 5.41) is 3.15. The van der Waals surface area contributed by atoms with E-state index in [0.717, 1.165) is 12.8 Å². The first-order valence-corrected chi connectivity index (χ1v) is 23.1. The van der Waals surface area contributed by atoms with Crippen LogP contribution in [0.3, 0.4) is 0 Å². The van der Waals surface area contributed by atoms with Crippen LogP contribution in [0.5, 0.6) is 0 Å². The maximum atomic E-state index is 2.60. The van der Waals surface area contributed by atoms with Crippen LogP contribution in [0.4, 0.5) is 0 Å². The van der Waals surface area contributed by atoms with Gasteiger partial charge in [0.05, 0.1) is 0 Å². The van der Waals surface area contributed by atoms with Crippen LogP contribution >= 0.6 is 0 Å². The topological polar surface area (TPSA) is 0 Å². The second-order valence-electron chi connectivity index (χ2n) is 14.3. The Morgan fingerprint density at radius 2 is 1.26 bits per heavy atom. The molecule has 0 saturated heterocycles. The predicted octanol–water partition coefficient (Wildman–Crippen LogP) is 8.36. The van der Waals surface area contributed by atoms with E-state index in [4.69, 9.17) is 0 Å². The zero-order chi connectivity index (χ0) is 29.8. The minimum absolute atomic E-state index is 0.0805. The summed E-state index contributed by atoms with van der Waals surface area (Å²) in [6.45, 7) is 19.1. The molecule has 0 unspecified atom stereocenters. The van der Waals surface area contributed by atoms with Crippen LogP contribution in [0.1, 0.15) is 81.3 Å². The summed E-state index contributed by atoms with van der Waals surface area (Å²) in [5.74, 6) is 0. The molecule has 42 heavy (non-hydrogen) atoms. The number of hydrogen-bond acceptors (Lipinski definition) is 0. The van der Waals surface area contributed by atoms with Crippen molar-refractivity contribution >= 4 is 19.1 Å². The van der Waals surface area contributed by atoms with E-state index < -0.39 is 25.8 Å². The molecule has 0 amide bonds. The van der Waals surface area contributed by atoms with Crippen molar-refractivity contribution in [1.82, 2.24) is 0 Å². The molecule has 0 spiro atoms. The first kappa shape index (κ1) is 29.5. The van der Waals surface area contributed by atoms with Gasteiger partial charge in [0, 0.05) is 0 Å². The van der Waals surface area contributed by atoms with E-state index in [1.165, 1.54) is 33.4 Å². The van der Waals surface area contributed by atoms with E-state index in [0.29, 0.717) is 0 Å². The van der Waals surface area contributed by atoms with E-state index in [1.807, 2.05) is 0 Å². The number of allylic oxidation sites excluding steroid dienone is 4. The Morgan fingerprint density at radius 1 is 0.690 bits per heavy atom. The van der Waals surface area contributed by atoms with Crippen molar-refractivity contribution in [2.45, 2.75) is 79.1 Å². The van der Waals surface area contributed by atoms with Gasteiger partial charge < -0.3 is 0 Å². The van der Waals surface area contributed by atoms with Crippen LogP contribution in [-0.4, -0.2) is 5.43 Å². The van der Waals surface area contributed by atoms with E-state index in [-0.39, 0.29) is 10.8 Å². The molecule has 0 atom stereocenters. The van der Waals surface area contributed by atoms with Gasteiger partial charge in [0.25, 0.3) is 0 Å². The molecule has 6 rings (SSSR count). The van der Waals surface area contributed by atoms with Crippen molar-refractivity contribution in [2.24, 2.45) is 0 Å². The van der Waals surface area contributed by atoms with Crippen molar-refractivity contribution in [2.75, 3.05) is 0 Å². The van der Waals surface area contributed by atoms with Gasteiger partial charge in [0.1, 0.15) is 0 Å². The van der Waals surface area contributed by atoms with E-state index in [2.05, 4.69) is 152 Å². The molecule has 0 fully saturated rings. The van der Waals surface area contributed by atoms with Gasteiger partial charge in [-0.15, -0.1) is 0 Å². The van der Waals surface area contributed by atoms with Gasteiger partial charge in [0.15, 0.2) is 0 Å². The van der Waals surface area contributed by atoms with Crippen LogP contribution in [0.2, 0.25) is 0 Å². The molecule has 0 nitrogen and oxygen atoms in total. The second-order valence-corrected chi connectivity index (χ2v) is 27.5. The number of hydrogen-bond donors (Lipinski definition) is 0. The zero-order valence-corrected chi connectivity index (χ0v) is 30.1. The fraction of sp³-hybridized carbons (Fsp3) is 0.300. The first-order valence-electron chi connectivity index (χ1n) is 15.5. The average Bonchev–Trinajstić information content (AvgIpc) is 3.59. The Morgan fingerprint density at radius 3 is 1.79 bits per heavy atom. The molecule has 0 bridgehead atoms. The Labute approximate surface area is 261 Å². The van der Waals surface area contributed by atoms with Gasteiger partial charge in [-0.25, -0.2) is 0 Å². The molecule has 0 radical (unpaired) electrons. The molecule has 0 saturated carbocycles. The number of fused-ring (bicyclic) bond motifs is 3. The fourth-order valence-electron chi connectivity index (χ4n) is 7.28. The molecule has 2 heteroatoms. The van der Waals surface area contributed by atoms with Crippen LogP contribution in [0.25, 0.3) is 11.1 Å². The Bertz CT molecular complexity index is 1730. The van der Waals surface area contributed by atoms with Crippen molar-refractivity contribution in [3.63, 3.8) is 0 Å². The summed E-state index contributed by atoms with van der Waals surface area (Å²) in [6.07, 6.45) is 9.45.